The fourth-order valence-corrected chi connectivity index (χ4v) is 4.30. The minimum atomic E-state index is 0.220. The predicted molar refractivity (Wildman–Crippen MR) is 88.3 cm³/mol. The molecule has 1 aromatic rings. The van der Waals surface area contributed by atoms with Crippen LogP contribution in [-0.2, 0) is 13.0 Å². The summed E-state index contributed by atoms with van der Waals surface area (Å²) < 4.78 is 2.46. The Kier molecular flexibility index (Phi) is 4.15. The second-order valence-electron chi connectivity index (χ2n) is 7.98. The molecule has 21 heavy (non-hydrogen) atoms. The quantitative estimate of drug-likeness (QED) is 0.922. The van der Waals surface area contributed by atoms with Gasteiger partial charge in [-0.05, 0) is 49.8 Å². The Morgan fingerprint density at radius 2 is 2.05 bits per heavy atom. The SMILES string of the molecule is CN(CCn1ccc2c1CC(C)(C)CC2N)C1CCCC1. The Morgan fingerprint density at radius 1 is 1.33 bits per heavy atom. The molecule has 0 aromatic carbocycles. The first-order valence-electron chi connectivity index (χ1n) is 8.60. The standard InChI is InChI=1S/C18H31N3/c1-18(2)12-16(19)15-8-9-21(17(15)13-18)11-10-20(3)14-6-4-5-7-14/h8-9,14,16H,4-7,10-13,19H2,1-3H3. The van der Waals surface area contributed by atoms with Gasteiger partial charge in [0.1, 0.15) is 0 Å². The Balaban J connectivity index is 1.67. The molecule has 0 saturated heterocycles. The van der Waals surface area contributed by atoms with Crippen molar-refractivity contribution in [1.29, 1.82) is 0 Å². The molecule has 3 nitrogen and oxygen atoms in total. The Hall–Kier alpha value is -0.800. The van der Waals surface area contributed by atoms with E-state index in [-0.39, 0.29) is 6.04 Å². The number of hydrogen-bond acceptors (Lipinski definition) is 2. The van der Waals surface area contributed by atoms with Gasteiger partial charge in [0.2, 0.25) is 0 Å². The lowest BCUT2D eigenvalue weighted by molar-refractivity contribution is 0.231. The van der Waals surface area contributed by atoms with Crippen LogP contribution in [0.3, 0.4) is 0 Å². The lowest BCUT2D eigenvalue weighted by Gasteiger charge is -2.35. The summed E-state index contributed by atoms with van der Waals surface area (Å²) in [5, 5.41) is 0. The van der Waals surface area contributed by atoms with Gasteiger partial charge in [-0.2, -0.15) is 0 Å². The zero-order valence-corrected chi connectivity index (χ0v) is 13.9. The Morgan fingerprint density at radius 3 is 2.76 bits per heavy atom. The number of fused-ring (bicyclic) bond motifs is 1. The van der Waals surface area contributed by atoms with Crippen molar-refractivity contribution in [3.63, 3.8) is 0 Å². The number of nitrogens with zero attached hydrogens (tertiary/aromatic N) is 2. The van der Waals surface area contributed by atoms with E-state index in [9.17, 15) is 0 Å². The maximum atomic E-state index is 6.37. The van der Waals surface area contributed by atoms with Crippen LogP contribution in [0.25, 0.3) is 0 Å². The molecule has 2 N–H and O–H groups in total. The molecule has 2 aliphatic carbocycles. The number of likely N-dealkylation sites (N-methyl/N-ethyl adjacent to an activating group) is 1. The molecule has 1 aromatic heterocycles. The van der Waals surface area contributed by atoms with Crippen LogP contribution in [0.15, 0.2) is 12.3 Å². The fourth-order valence-electron chi connectivity index (χ4n) is 4.30. The molecule has 1 unspecified atom stereocenters. The zero-order valence-electron chi connectivity index (χ0n) is 13.9. The topological polar surface area (TPSA) is 34.2 Å². The Labute approximate surface area is 129 Å². The molecule has 0 spiro atoms. The smallest absolute Gasteiger partial charge is 0.0350 e. The van der Waals surface area contributed by atoms with Crippen LogP contribution in [-0.4, -0.2) is 29.1 Å². The number of rotatable bonds is 4. The second-order valence-corrected chi connectivity index (χ2v) is 7.98. The van der Waals surface area contributed by atoms with Crippen molar-refractivity contribution < 1.29 is 0 Å². The number of nitrogens with two attached hydrogens (primary N) is 1. The summed E-state index contributed by atoms with van der Waals surface area (Å²) in [5.41, 5.74) is 9.57. The lowest BCUT2D eigenvalue weighted by Crippen LogP contribution is -2.34. The monoisotopic (exact) mass is 289 g/mol. The van der Waals surface area contributed by atoms with Gasteiger partial charge in [-0.15, -0.1) is 0 Å². The van der Waals surface area contributed by atoms with E-state index in [1.165, 1.54) is 36.9 Å². The van der Waals surface area contributed by atoms with Crippen LogP contribution in [0.1, 0.15) is 63.3 Å². The van der Waals surface area contributed by atoms with Crippen LogP contribution >= 0.6 is 0 Å². The number of aromatic nitrogens is 1. The lowest BCUT2D eigenvalue weighted by atomic mass is 9.74. The summed E-state index contributed by atoms with van der Waals surface area (Å²) in [4.78, 5) is 2.56. The van der Waals surface area contributed by atoms with E-state index in [2.05, 4.69) is 42.6 Å². The largest absolute Gasteiger partial charge is 0.350 e. The highest BCUT2D eigenvalue weighted by Gasteiger charge is 2.32. The minimum Gasteiger partial charge on any atom is -0.350 e. The molecule has 1 fully saturated rings. The van der Waals surface area contributed by atoms with Gasteiger partial charge in [0, 0.05) is 37.1 Å². The molecule has 118 valence electrons. The van der Waals surface area contributed by atoms with Crippen molar-refractivity contribution in [2.24, 2.45) is 11.1 Å². The van der Waals surface area contributed by atoms with Crippen LogP contribution in [0.2, 0.25) is 0 Å². The van der Waals surface area contributed by atoms with E-state index in [0.717, 1.165) is 32.0 Å². The van der Waals surface area contributed by atoms with Gasteiger partial charge in [0.05, 0.1) is 0 Å². The number of hydrogen-bond donors (Lipinski definition) is 1. The van der Waals surface area contributed by atoms with E-state index in [1.807, 2.05) is 0 Å². The average Bonchev–Trinajstić information content (AvgIpc) is 3.03. The van der Waals surface area contributed by atoms with Gasteiger partial charge < -0.3 is 15.2 Å². The average molecular weight is 289 g/mol. The third kappa shape index (κ3) is 3.19. The molecule has 1 heterocycles. The third-order valence-electron chi connectivity index (χ3n) is 5.57. The minimum absolute atomic E-state index is 0.220. The molecule has 3 heteroatoms. The molecule has 0 amide bonds. The van der Waals surface area contributed by atoms with E-state index < -0.39 is 0 Å². The van der Waals surface area contributed by atoms with Crippen molar-refractivity contribution in [3.8, 4) is 0 Å². The van der Waals surface area contributed by atoms with E-state index in [0.29, 0.717) is 5.41 Å². The predicted octanol–water partition coefficient (Wildman–Crippen LogP) is 3.33. The molecule has 0 radical (unpaired) electrons. The molecular formula is C18H31N3. The zero-order chi connectivity index (χ0) is 15.0. The van der Waals surface area contributed by atoms with Gasteiger partial charge in [-0.25, -0.2) is 0 Å². The first-order valence-corrected chi connectivity index (χ1v) is 8.60. The molecular weight excluding hydrogens is 258 g/mol. The van der Waals surface area contributed by atoms with Crippen molar-refractivity contribution >= 4 is 0 Å². The summed E-state index contributed by atoms with van der Waals surface area (Å²) in [7, 11) is 2.29. The normalized spacial score (nSPS) is 25.5. The molecule has 0 aliphatic heterocycles. The molecule has 3 rings (SSSR count). The van der Waals surface area contributed by atoms with Crippen molar-refractivity contribution in [3.05, 3.63) is 23.5 Å². The highest BCUT2D eigenvalue weighted by Crippen LogP contribution is 2.39. The van der Waals surface area contributed by atoms with Crippen LogP contribution in [0.4, 0.5) is 0 Å². The molecule has 2 aliphatic rings. The summed E-state index contributed by atoms with van der Waals surface area (Å²) in [6.07, 6.45) is 10.1. The van der Waals surface area contributed by atoms with Gasteiger partial charge in [-0.1, -0.05) is 26.7 Å². The van der Waals surface area contributed by atoms with Crippen molar-refractivity contribution in [1.82, 2.24) is 9.47 Å². The van der Waals surface area contributed by atoms with E-state index >= 15 is 0 Å². The van der Waals surface area contributed by atoms with Gasteiger partial charge in [0.25, 0.3) is 0 Å². The van der Waals surface area contributed by atoms with Crippen molar-refractivity contribution in [2.75, 3.05) is 13.6 Å². The molecule has 0 bridgehead atoms. The maximum Gasteiger partial charge on any atom is 0.0350 e. The van der Waals surface area contributed by atoms with Crippen LogP contribution in [0.5, 0.6) is 0 Å². The van der Waals surface area contributed by atoms with Gasteiger partial charge in [0.15, 0.2) is 0 Å². The summed E-state index contributed by atoms with van der Waals surface area (Å²) in [6.45, 7) is 6.95. The highest BCUT2D eigenvalue weighted by atomic mass is 15.2. The van der Waals surface area contributed by atoms with Crippen LogP contribution in [0, 0.1) is 5.41 Å². The van der Waals surface area contributed by atoms with Crippen LogP contribution < -0.4 is 5.73 Å². The first-order chi connectivity index (χ1) is 9.96. The highest BCUT2D eigenvalue weighted by molar-refractivity contribution is 5.30. The van der Waals surface area contributed by atoms with Gasteiger partial charge >= 0.3 is 0 Å². The summed E-state index contributed by atoms with van der Waals surface area (Å²) in [5.74, 6) is 0. The first kappa shape index (κ1) is 15.1. The van der Waals surface area contributed by atoms with Crippen molar-refractivity contribution in [2.45, 2.75) is 71.0 Å². The second kappa shape index (κ2) is 5.77. The summed E-state index contributed by atoms with van der Waals surface area (Å²) in [6, 6.07) is 3.29. The molecule has 1 saturated carbocycles. The van der Waals surface area contributed by atoms with E-state index in [1.54, 1.807) is 0 Å². The third-order valence-corrected chi connectivity index (χ3v) is 5.57. The molecule has 1 atom stereocenters. The summed E-state index contributed by atoms with van der Waals surface area (Å²) >= 11 is 0. The maximum absolute atomic E-state index is 6.37. The van der Waals surface area contributed by atoms with E-state index in [4.69, 9.17) is 5.73 Å². The van der Waals surface area contributed by atoms with Gasteiger partial charge in [-0.3, -0.25) is 0 Å². The fraction of sp³-hybridized carbons (Fsp3) is 0.778. The Bertz CT molecular complexity index is 483.